The van der Waals surface area contributed by atoms with Crippen LogP contribution in [0.1, 0.15) is 75.8 Å². The molecular weight excluding hydrogens is 345 g/mol. The molecule has 0 unspecified atom stereocenters. The van der Waals surface area contributed by atoms with Crippen LogP contribution >= 0.6 is 0 Å². The normalized spacial score (nSPS) is 19.3. The summed E-state index contributed by atoms with van der Waals surface area (Å²) in [4.78, 5) is 0. The van der Waals surface area contributed by atoms with E-state index < -0.39 is 0 Å². The third-order valence-electron chi connectivity index (χ3n) is 6.39. The fourth-order valence-electron chi connectivity index (χ4n) is 4.53. The number of halogens is 1. The SMILES string of the molecule is CCCCC[C@H]1CC[C@H](CCc2ccc(-c3ccc(C#N)cc3F)cc2)CC1. The van der Waals surface area contributed by atoms with Crippen molar-refractivity contribution in [2.24, 2.45) is 11.8 Å². The van der Waals surface area contributed by atoms with E-state index in [1.807, 2.05) is 18.2 Å². The largest absolute Gasteiger partial charge is 0.206 e. The highest BCUT2D eigenvalue weighted by molar-refractivity contribution is 5.65. The Morgan fingerprint density at radius 1 is 0.929 bits per heavy atom. The van der Waals surface area contributed by atoms with Gasteiger partial charge >= 0.3 is 0 Å². The standard InChI is InChI=1S/C26H32FN/c1-2-3-4-5-20-6-8-21(9-7-20)10-11-22-12-15-24(16-13-22)25-17-14-23(19-28)18-26(25)27/h12-18,20-21H,2-11H2,1H3/t20-,21-. The third-order valence-corrected chi connectivity index (χ3v) is 6.39. The van der Waals surface area contributed by atoms with Gasteiger partial charge in [0.1, 0.15) is 5.82 Å². The Morgan fingerprint density at radius 2 is 1.61 bits per heavy atom. The Kier molecular flexibility index (Phi) is 7.66. The summed E-state index contributed by atoms with van der Waals surface area (Å²) < 4.78 is 14.2. The first-order chi connectivity index (χ1) is 13.7. The zero-order valence-electron chi connectivity index (χ0n) is 17.1. The first-order valence-corrected chi connectivity index (χ1v) is 11.0. The molecule has 1 saturated carbocycles. The maximum Gasteiger partial charge on any atom is 0.132 e. The van der Waals surface area contributed by atoms with Crippen molar-refractivity contribution >= 4 is 0 Å². The van der Waals surface area contributed by atoms with E-state index in [0.717, 1.165) is 23.8 Å². The van der Waals surface area contributed by atoms with Gasteiger partial charge < -0.3 is 0 Å². The molecular formula is C26H32FN. The molecule has 0 aliphatic heterocycles. The molecule has 1 fully saturated rings. The van der Waals surface area contributed by atoms with Gasteiger partial charge in [-0.3, -0.25) is 0 Å². The summed E-state index contributed by atoms with van der Waals surface area (Å²) in [5, 5.41) is 8.87. The van der Waals surface area contributed by atoms with Crippen molar-refractivity contribution in [3.8, 4) is 17.2 Å². The lowest BCUT2D eigenvalue weighted by Gasteiger charge is -2.28. The van der Waals surface area contributed by atoms with Crippen LogP contribution < -0.4 is 0 Å². The predicted molar refractivity (Wildman–Crippen MR) is 114 cm³/mol. The lowest BCUT2D eigenvalue weighted by atomic mass is 9.78. The van der Waals surface area contributed by atoms with Gasteiger partial charge in [0.2, 0.25) is 0 Å². The zero-order chi connectivity index (χ0) is 19.8. The van der Waals surface area contributed by atoms with E-state index >= 15 is 0 Å². The molecule has 2 aromatic carbocycles. The quantitative estimate of drug-likeness (QED) is 0.433. The molecule has 0 bridgehead atoms. The summed E-state index contributed by atoms with van der Waals surface area (Å²) in [5.41, 5.74) is 3.13. The van der Waals surface area contributed by atoms with E-state index in [4.69, 9.17) is 5.26 Å². The van der Waals surface area contributed by atoms with Crippen molar-refractivity contribution in [2.45, 2.75) is 71.1 Å². The lowest BCUT2D eigenvalue weighted by molar-refractivity contribution is 0.249. The third kappa shape index (κ3) is 5.68. The zero-order valence-corrected chi connectivity index (χ0v) is 17.1. The summed E-state index contributed by atoms with van der Waals surface area (Å²) in [6.07, 6.45) is 13.6. The molecule has 1 nitrogen and oxygen atoms in total. The topological polar surface area (TPSA) is 23.8 Å². The van der Waals surface area contributed by atoms with Crippen LogP contribution in [-0.4, -0.2) is 0 Å². The van der Waals surface area contributed by atoms with Gasteiger partial charge in [0.15, 0.2) is 0 Å². The summed E-state index contributed by atoms with van der Waals surface area (Å²) in [6.45, 7) is 2.28. The first kappa shape index (κ1) is 20.6. The van der Waals surface area contributed by atoms with Gasteiger partial charge in [-0.05, 0) is 47.9 Å². The van der Waals surface area contributed by atoms with Crippen LogP contribution in [0.25, 0.3) is 11.1 Å². The molecule has 3 rings (SSSR count). The van der Waals surface area contributed by atoms with Gasteiger partial charge in [0.25, 0.3) is 0 Å². The molecule has 0 saturated heterocycles. The minimum Gasteiger partial charge on any atom is -0.206 e. The molecule has 0 aromatic heterocycles. The molecule has 1 aliphatic carbocycles. The second-order valence-corrected chi connectivity index (χ2v) is 8.42. The average Bonchev–Trinajstić information content (AvgIpc) is 2.74. The Hall–Kier alpha value is -2.14. The Labute approximate surface area is 169 Å². The molecule has 28 heavy (non-hydrogen) atoms. The van der Waals surface area contributed by atoms with Crippen molar-refractivity contribution in [1.29, 1.82) is 5.26 Å². The smallest absolute Gasteiger partial charge is 0.132 e. The van der Waals surface area contributed by atoms with E-state index in [-0.39, 0.29) is 5.82 Å². The Balaban J connectivity index is 1.47. The maximum atomic E-state index is 14.2. The summed E-state index contributed by atoms with van der Waals surface area (Å²) in [5.74, 6) is 1.52. The van der Waals surface area contributed by atoms with Gasteiger partial charge in [-0.15, -0.1) is 0 Å². The molecule has 0 radical (unpaired) electrons. The van der Waals surface area contributed by atoms with E-state index in [9.17, 15) is 4.39 Å². The summed E-state index contributed by atoms with van der Waals surface area (Å²) in [6, 6.07) is 14.9. The number of nitriles is 1. The molecule has 0 atom stereocenters. The summed E-state index contributed by atoms with van der Waals surface area (Å²) in [7, 11) is 0. The molecule has 2 aromatic rings. The van der Waals surface area contributed by atoms with E-state index in [1.165, 1.54) is 69.4 Å². The van der Waals surface area contributed by atoms with Crippen LogP contribution in [-0.2, 0) is 6.42 Å². The molecule has 0 amide bonds. The highest BCUT2D eigenvalue weighted by Crippen LogP contribution is 2.34. The molecule has 0 N–H and O–H groups in total. The van der Waals surface area contributed by atoms with E-state index in [2.05, 4.69) is 19.1 Å². The van der Waals surface area contributed by atoms with E-state index in [0.29, 0.717) is 11.1 Å². The van der Waals surface area contributed by atoms with Gasteiger partial charge in [0, 0.05) is 5.56 Å². The van der Waals surface area contributed by atoms with Gasteiger partial charge in [0.05, 0.1) is 11.6 Å². The fourth-order valence-corrected chi connectivity index (χ4v) is 4.53. The Bertz CT molecular complexity index is 779. The highest BCUT2D eigenvalue weighted by atomic mass is 19.1. The lowest BCUT2D eigenvalue weighted by Crippen LogP contribution is -2.15. The number of unbranched alkanes of at least 4 members (excludes halogenated alkanes) is 2. The van der Waals surface area contributed by atoms with Crippen LogP contribution in [0.2, 0.25) is 0 Å². The minimum atomic E-state index is -0.331. The summed E-state index contributed by atoms with van der Waals surface area (Å²) >= 11 is 0. The van der Waals surface area contributed by atoms with Gasteiger partial charge in [-0.25, -0.2) is 4.39 Å². The molecule has 148 valence electrons. The van der Waals surface area contributed by atoms with Crippen LogP contribution in [0, 0.1) is 29.0 Å². The van der Waals surface area contributed by atoms with Crippen LogP contribution in [0.5, 0.6) is 0 Å². The number of aryl methyl sites for hydroxylation is 1. The second-order valence-electron chi connectivity index (χ2n) is 8.42. The second kappa shape index (κ2) is 10.4. The van der Waals surface area contributed by atoms with Gasteiger partial charge in [-0.2, -0.15) is 5.26 Å². The van der Waals surface area contributed by atoms with Crippen LogP contribution in [0.4, 0.5) is 4.39 Å². The van der Waals surface area contributed by atoms with Crippen molar-refractivity contribution < 1.29 is 4.39 Å². The average molecular weight is 378 g/mol. The number of hydrogen-bond acceptors (Lipinski definition) is 1. The molecule has 2 heteroatoms. The number of rotatable bonds is 8. The van der Waals surface area contributed by atoms with Gasteiger partial charge in [-0.1, -0.05) is 88.6 Å². The van der Waals surface area contributed by atoms with Crippen molar-refractivity contribution in [1.82, 2.24) is 0 Å². The molecule has 0 spiro atoms. The molecule has 1 aliphatic rings. The first-order valence-electron chi connectivity index (χ1n) is 11.0. The van der Waals surface area contributed by atoms with Crippen molar-refractivity contribution in [2.75, 3.05) is 0 Å². The van der Waals surface area contributed by atoms with Crippen molar-refractivity contribution in [3.63, 3.8) is 0 Å². The number of benzene rings is 2. The number of nitrogens with zero attached hydrogens (tertiary/aromatic N) is 1. The minimum absolute atomic E-state index is 0.331. The van der Waals surface area contributed by atoms with Crippen LogP contribution in [0.3, 0.4) is 0 Å². The Morgan fingerprint density at radius 3 is 2.21 bits per heavy atom. The highest BCUT2D eigenvalue weighted by Gasteiger charge is 2.20. The maximum absolute atomic E-state index is 14.2. The van der Waals surface area contributed by atoms with E-state index in [1.54, 1.807) is 12.1 Å². The predicted octanol–water partition coefficient (Wildman–Crippen LogP) is 7.68. The monoisotopic (exact) mass is 377 g/mol. The molecule has 0 heterocycles. The fraction of sp³-hybridized carbons (Fsp3) is 0.500. The number of hydrogen-bond donors (Lipinski definition) is 0. The van der Waals surface area contributed by atoms with Crippen LogP contribution in [0.15, 0.2) is 42.5 Å². The van der Waals surface area contributed by atoms with Crippen molar-refractivity contribution in [3.05, 3.63) is 59.4 Å².